The van der Waals surface area contributed by atoms with Gasteiger partial charge in [0.05, 0.1) is 11.0 Å². The largest absolute Gasteiger partial charge is 0.456 e. The zero-order valence-corrected chi connectivity index (χ0v) is 31.3. The van der Waals surface area contributed by atoms with E-state index in [2.05, 4.69) is 199 Å². The van der Waals surface area contributed by atoms with Crippen LogP contribution < -0.4 is 0 Å². The van der Waals surface area contributed by atoms with Crippen LogP contribution in [0.4, 0.5) is 0 Å². The van der Waals surface area contributed by atoms with Gasteiger partial charge in [0.25, 0.3) is 0 Å². The Morgan fingerprint density at radius 2 is 0.966 bits per heavy atom. The third kappa shape index (κ3) is 4.50. The third-order valence-electron chi connectivity index (χ3n) is 12.5. The Kier molecular flexibility index (Phi) is 6.50. The van der Waals surface area contributed by atoms with Crippen molar-refractivity contribution in [1.82, 2.24) is 4.57 Å². The lowest BCUT2D eigenvalue weighted by Gasteiger charge is -2.14. The van der Waals surface area contributed by atoms with Crippen LogP contribution in [0.1, 0.15) is 22.6 Å². The Morgan fingerprint density at radius 3 is 1.84 bits per heavy atom. The van der Waals surface area contributed by atoms with Crippen molar-refractivity contribution in [1.29, 1.82) is 0 Å². The van der Waals surface area contributed by atoms with Crippen molar-refractivity contribution in [2.75, 3.05) is 0 Å². The summed E-state index contributed by atoms with van der Waals surface area (Å²) >= 11 is 0. The molecule has 12 aromatic rings. The molecule has 0 saturated heterocycles. The Morgan fingerprint density at radius 1 is 0.345 bits per heavy atom. The summed E-state index contributed by atoms with van der Waals surface area (Å²) in [5, 5.41) is 6.74. The van der Waals surface area contributed by atoms with Crippen molar-refractivity contribution in [2.45, 2.75) is 5.92 Å². The molecular formula is C55H33NO2. The fourth-order valence-electron chi connectivity index (χ4n) is 9.86. The van der Waals surface area contributed by atoms with E-state index in [1.54, 1.807) is 0 Å². The average Bonchev–Trinajstić information content (AvgIpc) is 4.03. The standard InChI is InChI=1S/C55H33NO2/c1-3-12-33(13-4-1)54-41-18-8-7-16-39(41)44-30-36(22-25-42(44)54)38-19-11-20-43-47-31-52-48(32-53(47)58-55(38)43)46-29-35(24-27-51(46)57-52)34-23-26-50-45(28-34)40-17-9-10-21-49(40)56(50)37-14-5-2-6-15-37/h1-32,54H. The Balaban J connectivity index is 0.929. The van der Waals surface area contributed by atoms with Gasteiger partial charge in [-0.1, -0.05) is 133 Å². The lowest BCUT2D eigenvalue weighted by Crippen LogP contribution is -1.98. The van der Waals surface area contributed by atoms with Gasteiger partial charge >= 0.3 is 0 Å². The van der Waals surface area contributed by atoms with E-state index in [0.29, 0.717) is 0 Å². The average molecular weight is 740 g/mol. The maximum atomic E-state index is 6.84. The molecule has 0 bridgehead atoms. The van der Waals surface area contributed by atoms with Crippen molar-refractivity contribution >= 4 is 65.7 Å². The van der Waals surface area contributed by atoms with Crippen LogP contribution in [0.15, 0.2) is 203 Å². The van der Waals surface area contributed by atoms with Crippen molar-refractivity contribution < 1.29 is 8.83 Å². The molecular weight excluding hydrogens is 707 g/mol. The van der Waals surface area contributed by atoms with Crippen LogP contribution >= 0.6 is 0 Å². The van der Waals surface area contributed by atoms with Gasteiger partial charge in [-0.05, 0) is 105 Å². The van der Waals surface area contributed by atoms with Crippen LogP contribution in [0, 0.1) is 0 Å². The van der Waals surface area contributed by atoms with E-state index >= 15 is 0 Å². The molecule has 3 aromatic heterocycles. The quantitative estimate of drug-likeness (QED) is 0.180. The Bertz CT molecular complexity index is 3620. The summed E-state index contributed by atoms with van der Waals surface area (Å²) in [5.74, 6) is 0.221. The van der Waals surface area contributed by atoms with Gasteiger partial charge in [0.2, 0.25) is 0 Å². The SMILES string of the molecule is c1ccc(C2c3ccccc3-c3cc(-c4cccc5c4oc4cc6c(cc45)oc4ccc(-c5ccc7c(c5)c5ccccc5n7-c5ccccc5)cc46)ccc32)cc1. The minimum Gasteiger partial charge on any atom is -0.456 e. The van der Waals surface area contributed by atoms with Gasteiger partial charge < -0.3 is 13.4 Å². The molecule has 0 amide bonds. The minimum atomic E-state index is 0.221. The molecule has 0 fully saturated rings. The van der Waals surface area contributed by atoms with Gasteiger partial charge in [-0.25, -0.2) is 0 Å². The number of hydrogen-bond acceptors (Lipinski definition) is 2. The molecule has 0 N–H and O–H groups in total. The van der Waals surface area contributed by atoms with Crippen LogP contribution in [0.3, 0.4) is 0 Å². The molecule has 3 nitrogen and oxygen atoms in total. The Labute approximate surface area is 333 Å². The first-order chi connectivity index (χ1) is 28.7. The van der Waals surface area contributed by atoms with E-state index < -0.39 is 0 Å². The van der Waals surface area contributed by atoms with Gasteiger partial charge in [0, 0.05) is 49.5 Å². The topological polar surface area (TPSA) is 31.2 Å². The smallest absolute Gasteiger partial charge is 0.143 e. The summed E-state index contributed by atoms with van der Waals surface area (Å²) in [7, 11) is 0. The fourth-order valence-corrected chi connectivity index (χ4v) is 9.86. The van der Waals surface area contributed by atoms with Crippen LogP contribution in [0.25, 0.3) is 105 Å². The van der Waals surface area contributed by atoms with Crippen molar-refractivity contribution in [2.24, 2.45) is 0 Å². The minimum absolute atomic E-state index is 0.221. The summed E-state index contributed by atoms with van der Waals surface area (Å²) in [5.41, 5.74) is 18.2. The number of nitrogens with zero attached hydrogens (tertiary/aromatic N) is 1. The van der Waals surface area contributed by atoms with Crippen LogP contribution in [-0.2, 0) is 0 Å². The number of benzene rings is 9. The van der Waals surface area contributed by atoms with Gasteiger partial charge in [0.1, 0.15) is 22.3 Å². The summed E-state index contributed by atoms with van der Waals surface area (Å²) in [6.45, 7) is 0. The van der Waals surface area contributed by atoms with E-state index in [4.69, 9.17) is 8.83 Å². The first-order valence-corrected chi connectivity index (χ1v) is 19.9. The summed E-state index contributed by atoms with van der Waals surface area (Å²) in [4.78, 5) is 0. The fraction of sp³-hybridized carbons (Fsp3) is 0.0182. The lowest BCUT2D eigenvalue weighted by atomic mass is 9.89. The second-order valence-corrected chi connectivity index (χ2v) is 15.6. The predicted octanol–water partition coefficient (Wildman–Crippen LogP) is 15.1. The maximum Gasteiger partial charge on any atom is 0.143 e. The molecule has 0 spiro atoms. The first-order valence-electron chi connectivity index (χ1n) is 19.9. The van der Waals surface area contributed by atoms with Gasteiger partial charge in [-0.3, -0.25) is 0 Å². The zero-order valence-electron chi connectivity index (χ0n) is 31.3. The van der Waals surface area contributed by atoms with E-state index in [1.165, 1.54) is 55.2 Å². The van der Waals surface area contributed by atoms with Crippen molar-refractivity contribution in [3.63, 3.8) is 0 Å². The molecule has 13 rings (SSSR count). The van der Waals surface area contributed by atoms with E-state index in [1.807, 2.05) is 0 Å². The molecule has 1 aliphatic rings. The van der Waals surface area contributed by atoms with E-state index in [-0.39, 0.29) is 5.92 Å². The normalized spacial score (nSPS) is 13.7. The molecule has 0 radical (unpaired) electrons. The molecule has 1 unspecified atom stereocenters. The zero-order chi connectivity index (χ0) is 37.9. The highest BCUT2D eigenvalue weighted by Crippen LogP contribution is 2.50. The second kappa shape index (κ2) is 11.9. The number of hydrogen-bond donors (Lipinski definition) is 0. The van der Waals surface area contributed by atoms with E-state index in [9.17, 15) is 0 Å². The monoisotopic (exact) mass is 739 g/mol. The van der Waals surface area contributed by atoms with Crippen molar-refractivity contribution in [3.05, 3.63) is 211 Å². The molecule has 9 aromatic carbocycles. The van der Waals surface area contributed by atoms with Crippen LogP contribution in [-0.4, -0.2) is 4.57 Å². The maximum absolute atomic E-state index is 6.84. The van der Waals surface area contributed by atoms with Gasteiger partial charge in [-0.2, -0.15) is 0 Å². The number of furan rings is 2. The van der Waals surface area contributed by atoms with Crippen LogP contribution in [0.2, 0.25) is 0 Å². The molecule has 58 heavy (non-hydrogen) atoms. The molecule has 3 heteroatoms. The predicted molar refractivity (Wildman–Crippen MR) is 239 cm³/mol. The molecule has 3 heterocycles. The van der Waals surface area contributed by atoms with Crippen molar-refractivity contribution in [3.8, 4) is 39.1 Å². The molecule has 1 aliphatic carbocycles. The molecule has 1 atom stereocenters. The summed E-state index contributed by atoms with van der Waals surface area (Å²) in [6, 6.07) is 70.1. The lowest BCUT2D eigenvalue weighted by molar-refractivity contribution is 0.664. The van der Waals surface area contributed by atoms with Gasteiger partial charge in [-0.15, -0.1) is 0 Å². The first kappa shape index (κ1) is 31.6. The highest BCUT2D eigenvalue weighted by molar-refractivity contribution is 6.17. The second-order valence-electron chi connectivity index (χ2n) is 15.6. The van der Waals surface area contributed by atoms with Crippen LogP contribution in [0.5, 0.6) is 0 Å². The van der Waals surface area contributed by atoms with E-state index in [0.717, 1.165) is 66.3 Å². The van der Waals surface area contributed by atoms with Gasteiger partial charge in [0.15, 0.2) is 0 Å². The summed E-state index contributed by atoms with van der Waals surface area (Å²) in [6.07, 6.45) is 0. The third-order valence-corrected chi connectivity index (χ3v) is 12.5. The highest BCUT2D eigenvalue weighted by Gasteiger charge is 2.30. The Hall–Kier alpha value is -7.62. The molecule has 270 valence electrons. The number of fused-ring (bicyclic) bond motifs is 12. The molecule has 0 saturated carbocycles. The number of aromatic nitrogens is 1. The number of rotatable bonds is 4. The number of para-hydroxylation sites is 3. The summed E-state index contributed by atoms with van der Waals surface area (Å²) < 4.78 is 15.7. The highest BCUT2D eigenvalue weighted by atomic mass is 16.3. The molecule has 0 aliphatic heterocycles.